The van der Waals surface area contributed by atoms with Crippen molar-refractivity contribution in [3.8, 4) is 0 Å². The van der Waals surface area contributed by atoms with Crippen LogP contribution >= 0.6 is 0 Å². The molecule has 0 heterocycles. The van der Waals surface area contributed by atoms with Crippen molar-refractivity contribution >= 4 is 17.9 Å². The molecule has 0 aromatic rings. The van der Waals surface area contributed by atoms with Gasteiger partial charge in [0.25, 0.3) is 0 Å². The van der Waals surface area contributed by atoms with E-state index >= 15 is 0 Å². The minimum absolute atomic E-state index is 0.0645. The number of allylic oxidation sites excluding steroid dienone is 2. The van der Waals surface area contributed by atoms with E-state index in [1.54, 1.807) is 0 Å². The molecule has 1 unspecified atom stereocenters. The maximum absolute atomic E-state index is 12.9. The van der Waals surface area contributed by atoms with Gasteiger partial charge in [0.15, 0.2) is 6.10 Å². The molecular formula is C74H142O6. The van der Waals surface area contributed by atoms with Crippen molar-refractivity contribution in [3.05, 3.63) is 12.2 Å². The van der Waals surface area contributed by atoms with Gasteiger partial charge in [-0.1, -0.05) is 373 Å². The van der Waals surface area contributed by atoms with E-state index in [2.05, 4.69) is 32.9 Å². The number of hydrogen-bond acceptors (Lipinski definition) is 6. The van der Waals surface area contributed by atoms with Crippen LogP contribution in [0.15, 0.2) is 12.2 Å². The van der Waals surface area contributed by atoms with Gasteiger partial charge in [-0.2, -0.15) is 0 Å². The Hall–Kier alpha value is -1.85. The first kappa shape index (κ1) is 78.1. The van der Waals surface area contributed by atoms with Crippen molar-refractivity contribution in [1.82, 2.24) is 0 Å². The molecule has 6 heteroatoms. The summed E-state index contributed by atoms with van der Waals surface area (Å²) >= 11 is 0. The average Bonchev–Trinajstić information content (AvgIpc) is 3.46. The Morgan fingerprint density at radius 3 is 0.625 bits per heavy atom. The SMILES string of the molecule is CCCCCCCCCC/C=C\CCCCCCCCCCCCCC(=O)OC(COC(=O)CCCCCCCC)COC(=O)CCCCCCCCCCCCCCCCCCCCCCCCCCCCCCCCCCC. The first-order valence-corrected chi connectivity index (χ1v) is 36.7. The highest BCUT2D eigenvalue weighted by Crippen LogP contribution is 2.19. The Balaban J connectivity index is 3.90. The van der Waals surface area contributed by atoms with Gasteiger partial charge in [-0.3, -0.25) is 14.4 Å². The first-order chi connectivity index (χ1) is 39.5. The van der Waals surface area contributed by atoms with Crippen LogP contribution in [0.4, 0.5) is 0 Å². The number of carbonyl (C=O) groups excluding carboxylic acids is 3. The van der Waals surface area contributed by atoms with Gasteiger partial charge in [0.1, 0.15) is 13.2 Å². The van der Waals surface area contributed by atoms with Crippen molar-refractivity contribution in [2.75, 3.05) is 13.2 Å². The summed E-state index contributed by atoms with van der Waals surface area (Å²) in [7, 11) is 0. The Kier molecular flexibility index (Phi) is 68.0. The number of esters is 3. The summed E-state index contributed by atoms with van der Waals surface area (Å²) in [4.78, 5) is 38.1. The molecule has 0 bridgehead atoms. The summed E-state index contributed by atoms with van der Waals surface area (Å²) < 4.78 is 16.9. The van der Waals surface area contributed by atoms with Crippen molar-refractivity contribution in [2.45, 2.75) is 431 Å². The third-order valence-corrected chi connectivity index (χ3v) is 17.0. The van der Waals surface area contributed by atoms with E-state index < -0.39 is 6.10 Å². The Bertz CT molecular complexity index is 1250. The van der Waals surface area contributed by atoms with Crippen LogP contribution in [0.25, 0.3) is 0 Å². The quantitative estimate of drug-likeness (QED) is 0.0261. The molecule has 0 aliphatic carbocycles. The lowest BCUT2D eigenvalue weighted by molar-refractivity contribution is -0.167. The van der Waals surface area contributed by atoms with E-state index in [1.165, 1.54) is 327 Å². The van der Waals surface area contributed by atoms with E-state index in [0.717, 1.165) is 57.8 Å². The summed E-state index contributed by atoms with van der Waals surface area (Å²) in [5.74, 6) is -0.845. The highest BCUT2D eigenvalue weighted by Gasteiger charge is 2.19. The minimum atomic E-state index is -0.765. The summed E-state index contributed by atoms with van der Waals surface area (Å²) in [5.41, 5.74) is 0. The van der Waals surface area contributed by atoms with Gasteiger partial charge in [0, 0.05) is 19.3 Å². The van der Waals surface area contributed by atoms with E-state index in [0.29, 0.717) is 19.3 Å². The topological polar surface area (TPSA) is 78.9 Å². The van der Waals surface area contributed by atoms with Crippen LogP contribution in [0.3, 0.4) is 0 Å². The van der Waals surface area contributed by atoms with Crippen LogP contribution in [0, 0.1) is 0 Å². The van der Waals surface area contributed by atoms with E-state index in [-0.39, 0.29) is 31.1 Å². The monoisotopic (exact) mass is 1130 g/mol. The molecule has 0 saturated carbocycles. The third kappa shape index (κ3) is 66.9. The fourth-order valence-corrected chi connectivity index (χ4v) is 11.5. The minimum Gasteiger partial charge on any atom is -0.462 e. The van der Waals surface area contributed by atoms with E-state index in [4.69, 9.17) is 14.2 Å². The molecule has 0 rings (SSSR count). The molecule has 0 radical (unpaired) electrons. The Morgan fingerprint density at radius 2 is 0.412 bits per heavy atom. The van der Waals surface area contributed by atoms with Gasteiger partial charge in [0.05, 0.1) is 0 Å². The summed E-state index contributed by atoms with van der Waals surface area (Å²) in [6.45, 7) is 6.66. The summed E-state index contributed by atoms with van der Waals surface area (Å²) in [5, 5.41) is 0. The highest BCUT2D eigenvalue weighted by atomic mass is 16.6. The number of ether oxygens (including phenoxy) is 3. The van der Waals surface area contributed by atoms with Crippen molar-refractivity contribution < 1.29 is 28.6 Å². The molecule has 0 aromatic carbocycles. The fraction of sp³-hybridized carbons (Fsp3) is 0.932. The van der Waals surface area contributed by atoms with Crippen LogP contribution in [0.2, 0.25) is 0 Å². The standard InChI is InChI=1S/C74H142O6/c1-4-7-10-13-16-18-20-22-24-26-28-30-32-33-34-35-36-37-38-39-40-41-43-44-46-48-50-52-54-56-58-61-64-67-73(76)79-70-71(69-78-72(75)66-63-60-15-12-9-6-3)80-74(77)68-65-62-59-57-55-53-51-49-47-45-42-31-29-27-25-23-21-19-17-14-11-8-5-2/h27,29,71H,4-26,28,30-70H2,1-3H3/b29-27-. The van der Waals surface area contributed by atoms with Gasteiger partial charge in [-0.25, -0.2) is 0 Å². The second-order valence-corrected chi connectivity index (χ2v) is 25.2. The lowest BCUT2D eigenvalue weighted by Crippen LogP contribution is -2.30. The van der Waals surface area contributed by atoms with Crippen LogP contribution in [-0.2, 0) is 28.6 Å². The van der Waals surface area contributed by atoms with Gasteiger partial charge >= 0.3 is 17.9 Å². The maximum atomic E-state index is 12.9. The molecule has 474 valence electrons. The zero-order valence-corrected chi connectivity index (χ0v) is 54.6. The van der Waals surface area contributed by atoms with E-state index in [1.807, 2.05) is 0 Å². The smallest absolute Gasteiger partial charge is 0.306 e. The summed E-state index contributed by atoms with van der Waals surface area (Å²) in [6.07, 6.45) is 84.5. The molecule has 80 heavy (non-hydrogen) atoms. The molecule has 0 fully saturated rings. The lowest BCUT2D eigenvalue weighted by Gasteiger charge is -2.18. The summed E-state index contributed by atoms with van der Waals surface area (Å²) in [6, 6.07) is 0. The predicted octanol–water partition coefficient (Wildman–Crippen LogP) is 25.2. The lowest BCUT2D eigenvalue weighted by atomic mass is 10.0. The molecule has 0 aliphatic heterocycles. The van der Waals surface area contributed by atoms with Gasteiger partial charge in [-0.05, 0) is 44.9 Å². The predicted molar refractivity (Wildman–Crippen MR) is 349 cm³/mol. The third-order valence-electron chi connectivity index (χ3n) is 17.0. The molecule has 0 saturated heterocycles. The molecule has 0 spiro atoms. The average molecular weight is 1130 g/mol. The number of carbonyl (C=O) groups is 3. The molecular weight excluding hydrogens is 985 g/mol. The van der Waals surface area contributed by atoms with Crippen molar-refractivity contribution in [2.24, 2.45) is 0 Å². The second kappa shape index (κ2) is 69.6. The van der Waals surface area contributed by atoms with Crippen LogP contribution in [0.1, 0.15) is 425 Å². The first-order valence-electron chi connectivity index (χ1n) is 36.7. The number of hydrogen-bond donors (Lipinski definition) is 0. The number of rotatable bonds is 69. The molecule has 0 N–H and O–H groups in total. The van der Waals surface area contributed by atoms with Crippen molar-refractivity contribution in [1.29, 1.82) is 0 Å². The Labute approximate surface area is 501 Å². The second-order valence-electron chi connectivity index (χ2n) is 25.2. The number of unbranched alkanes of at least 4 members (excludes halogenated alkanes) is 56. The van der Waals surface area contributed by atoms with E-state index in [9.17, 15) is 14.4 Å². The molecule has 0 aromatic heterocycles. The van der Waals surface area contributed by atoms with Gasteiger partial charge < -0.3 is 14.2 Å². The van der Waals surface area contributed by atoms with Gasteiger partial charge in [0.2, 0.25) is 0 Å². The van der Waals surface area contributed by atoms with Crippen LogP contribution < -0.4 is 0 Å². The van der Waals surface area contributed by atoms with Gasteiger partial charge in [-0.15, -0.1) is 0 Å². The normalized spacial score (nSPS) is 12.0. The zero-order chi connectivity index (χ0) is 57.8. The fourth-order valence-electron chi connectivity index (χ4n) is 11.5. The molecule has 1 atom stereocenters. The van der Waals surface area contributed by atoms with Crippen molar-refractivity contribution in [3.63, 3.8) is 0 Å². The highest BCUT2D eigenvalue weighted by molar-refractivity contribution is 5.71. The van der Waals surface area contributed by atoms with Crippen LogP contribution in [0.5, 0.6) is 0 Å². The molecule has 0 aliphatic rings. The molecule has 6 nitrogen and oxygen atoms in total. The molecule has 0 amide bonds. The zero-order valence-electron chi connectivity index (χ0n) is 54.6. The maximum Gasteiger partial charge on any atom is 0.306 e. The van der Waals surface area contributed by atoms with Crippen LogP contribution in [-0.4, -0.2) is 37.2 Å². The largest absolute Gasteiger partial charge is 0.462 e. The Morgan fingerprint density at radius 1 is 0.237 bits per heavy atom.